The Morgan fingerprint density at radius 2 is 1.44 bits per heavy atom. The Morgan fingerprint density at radius 3 is 1.95 bits per heavy atom. The van der Waals surface area contributed by atoms with Crippen LogP contribution in [-0.4, -0.2) is 53.4 Å². The molecular weight excluding hydrogens is 531 g/mol. The highest BCUT2D eigenvalue weighted by atomic mass is 19.1. The first kappa shape index (κ1) is 28.3. The predicted octanol–water partition coefficient (Wildman–Crippen LogP) is 3.55. The lowest BCUT2D eigenvalue weighted by Gasteiger charge is -2.37. The van der Waals surface area contributed by atoms with E-state index in [9.17, 15) is 14.7 Å². The fraction of sp³-hybridized carbons (Fsp3) is 0.290. The summed E-state index contributed by atoms with van der Waals surface area (Å²) in [4.78, 5) is 26.1. The summed E-state index contributed by atoms with van der Waals surface area (Å²) in [5, 5.41) is 11.0. The number of hydrogen-bond acceptors (Lipinski definition) is 7. The second kappa shape index (κ2) is 11.3. The monoisotopic (exact) mass is 562 g/mol. The van der Waals surface area contributed by atoms with Gasteiger partial charge in [-0.3, -0.25) is 14.3 Å². The van der Waals surface area contributed by atoms with E-state index < -0.39 is 41.0 Å². The van der Waals surface area contributed by atoms with Crippen LogP contribution >= 0.6 is 0 Å². The van der Waals surface area contributed by atoms with Crippen molar-refractivity contribution in [3.05, 3.63) is 129 Å². The smallest absolute Gasteiger partial charge is 0.330 e. The lowest BCUT2D eigenvalue weighted by atomic mass is 9.80. The summed E-state index contributed by atoms with van der Waals surface area (Å²) in [7, 11) is 3.16. The van der Waals surface area contributed by atoms with Crippen molar-refractivity contribution in [2.24, 2.45) is 0 Å². The summed E-state index contributed by atoms with van der Waals surface area (Å²) in [6.07, 6.45) is -3.16. The number of ether oxygens (including phenoxy) is 4. The fourth-order valence-corrected chi connectivity index (χ4v) is 5.24. The number of nitrogens with one attached hydrogen (secondary N) is 1. The minimum absolute atomic E-state index is 0.248. The zero-order valence-electron chi connectivity index (χ0n) is 22.8. The minimum atomic E-state index is -2.37. The first-order valence-electron chi connectivity index (χ1n) is 13.0. The van der Waals surface area contributed by atoms with Crippen molar-refractivity contribution in [3.63, 3.8) is 0 Å². The van der Waals surface area contributed by atoms with Crippen LogP contribution in [0, 0.1) is 0 Å². The number of H-pyrrole nitrogens is 1. The van der Waals surface area contributed by atoms with Gasteiger partial charge >= 0.3 is 5.69 Å². The van der Waals surface area contributed by atoms with E-state index >= 15 is 4.39 Å². The summed E-state index contributed by atoms with van der Waals surface area (Å²) in [5.74, 6) is 1.31. The molecular formula is C31H31FN2O7. The average molecular weight is 563 g/mol. The number of rotatable bonds is 9. The van der Waals surface area contributed by atoms with E-state index in [1.54, 1.807) is 14.2 Å². The Morgan fingerprint density at radius 1 is 0.902 bits per heavy atom. The standard InChI is InChI=1S/C31H31FN2O7/c1-30(32)27(36)25(41-28(30)34-18-17-26(35)33-29(34)37)19-40-31(20-7-5-4-6-8-20,21-9-13-23(38-2)14-10-21)22-11-15-24(39-3)16-12-22/h4-18,25,27-28,36H,19H2,1-3H3,(H,33,35,37)/t25-,27-,28-,30+/m1/s1. The van der Waals surface area contributed by atoms with Gasteiger partial charge in [-0.1, -0.05) is 54.6 Å². The maximum atomic E-state index is 15.9. The number of alkyl halides is 1. The van der Waals surface area contributed by atoms with Gasteiger partial charge in [-0.05, 0) is 47.9 Å². The van der Waals surface area contributed by atoms with E-state index in [0.29, 0.717) is 11.5 Å². The van der Waals surface area contributed by atoms with Gasteiger partial charge in [0.15, 0.2) is 11.9 Å². The lowest BCUT2D eigenvalue weighted by Crippen LogP contribution is -2.44. The van der Waals surface area contributed by atoms with Gasteiger partial charge in [0.25, 0.3) is 5.56 Å². The van der Waals surface area contributed by atoms with E-state index in [-0.39, 0.29) is 6.61 Å². The third-order valence-electron chi connectivity index (χ3n) is 7.46. The molecule has 10 heteroatoms. The topological polar surface area (TPSA) is 112 Å². The Balaban J connectivity index is 1.58. The number of aromatic nitrogens is 2. The van der Waals surface area contributed by atoms with E-state index in [4.69, 9.17) is 18.9 Å². The molecule has 214 valence electrons. The highest BCUT2D eigenvalue weighted by Gasteiger charge is 2.56. The normalized spacial score (nSPS) is 22.4. The molecule has 0 amide bonds. The van der Waals surface area contributed by atoms with Gasteiger partial charge in [0.1, 0.15) is 29.3 Å². The second-order valence-electron chi connectivity index (χ2n) is 9.96. The van der Waals surface area contributed by atoms with Crippen molar-refractivity contribution in [2.75, 3.05) is 20.8 Å². The highest BCUT2D eigenvalue weighted by Crippen LogP contribution is 2.45. The van der Waals surface area contributed by atoms with Crippen molar-refractivity contribution in [1.82, 2.24) is 9.55 Å². The molecule has 9 nitrogen and oxygen atoms in total. The molecule has 4 aromatic rings. The Bertz CT molecular complexity index is 1540. The quantitative estimate of drug-likeness (QED) is 0.300. The number of nitrogens with zero attached hydrogens (tertiary/aromatic N) is 1. The molecule has 0 spiro atoms. The fourth-order valence-electron chi connectivity index (χ4n) is 5.24. The van der Waals surface area contributed by atoms with Crippen molar-refractivity contribution in [3.8, 4) is 11.5 Å². The number of methoxy groups -OCH3 is 2. The Hall–Kier alpha value is -4.25. The van der Waals surface area contributed by atoms with E-state index in [1.165, 1.54) is 0 Å². The van der Waals surface area contributed by atoms with Gasteiger partial charge in [-0.25, -0.2) is 9.18 Å². The zero-order chi connectivity index (χ0) is 29.2. The Labute approximate surface area is 235 Å². The third-order valence-corrected chi connectivity index (χ3v) is 7.46. The van der Waals surface area contributed by atoms with Gasteiger partial charge in [0, 0.05) is 12.3 Å². The molecule has 4 atom stereocenters. The van der Waals surface area contributed by atoms with E-state index in [1.807, 2.05) is 78.9 Å². The van der Waals surface area contributed by atoms with Crippen LogP contribution in [0.3, 0.4) is 0 Å². The molecule has 0 bridgehead atoms. The van der Waals surface area contributed by atoms with Crippen molar-refractivity contribution < 1.29 is 28.4 Å². The molecule has 2 N–H and O–H groups in total. The summed E-state index contributed by atoms with van der Waals surface area (Å²) in [6, 6.07) is 25.4. The molecule has 0 aliphatic carbocycles. The second-order valence-corrected chi connectivity index (χ2v) is 9.96. The number of aliphatic hydroxyl groups excluding tert-OH is 1. The van der Waals surface area contributed by atoms with Crippen LogP contribution in [-0.2, 0) is 15.1 Å². The minimum Gasteiger partial charge on any atom is -0.497 e. The number of hydrogen-bond donors (Lipinski definition) is 2. The number of aromatic amines is 1. The van der Waals surface area contributed by atoms with Gasteiger partial charge < -0.3 is 24.1 Å². The molecule has 0 radical (unpaired) electrons. The van der Waals surface area contributed by atoms with Gasteiger partial charge in [0.05, 0.1) is 20.8 Å². The van der Waals surface area contributed by atoms with Crippen LogP contribution in [0.4, 0.5) is 4.39 Å². The molecule has 1 aromatic heterocycles. The molecule has 1 aliphatic heterocycles. The highest BCUT2D eigenvalue weighted by molar-refractivity contribution is 5.49. The molecule has 1 aliphatic rings. The largest absolute Gasteiger partial charge is 0.497 e. The Kier molecular flexibility index (Phi) is 7.81. The molecule has 2 heterocycles. The molecule has 0 saturated carbocycles. The maximum Gasteiger partial charge on any atom is 0.330 e. The maximum absolute atomic E-state index is 15.9. The number of halogens is 1. The first-order valence-corrected chi connectivity index (χ1v) is 13.0. The van der Waals surface area contributed by atoms with Crippen LogP contribution in [0.5, 0.6) is 11.5 Å². The number of benzene rings is 3. The average Bonchev–Trinajstić information content (AvgIpc) is 3.22. The summed E-state index contributed by atoms with van der Waals surface area (Å²) >= 11 is 0. The first-order chi connectivity index (χ1) is 19.7. The van der Waals surface area contributed by atoms with Crippen molar-refractivity contribution in [2.45, 2.75) is 36.6 Å². The molecule has 1 saturated heterocycles. The summed E-state index contributed by atoms with van der Waals surface area (Å²) in [5.41, 5.74) is -2.79. The van der Waals surface area contributed by atoms with Gasteiger partial charge in [-0.15, -0.1) is 0 Å². The molecule has 1 fully saturated rings. The van der Waals surface area contributed by atoms with Crippen molar-refractivity contribution in [1.29, 1.82) is 0 Å². The number of aliphatic hydroxyl groups is 1. The van der Waals surface area contributed by atoms with Gasteiger partial charge in [0.2, 0.25) is 0 Å². The summed E-state index contributed by atoms with van der Waals surface area (Å²) in [6.45, 7) is 0.902. The molecule has 5 rings (SSSR count). The van der Waals surface area contributed by atoms with Crippen LogP contribution in [0.2, 0.25) is 0 Å². The van der Waals surface area contributed by atoms with E-state index in [2.05, 4.69) is 4.98 Å². The SMILES string of the molecule is COc1ccc(C(OC[C@H]2O[C@@H](n3ccc(=O)[nH]c3=O)[C@@](C)(F)[C@@H]2O)(c2ccccc2)c2ccc(OC)cc2)cc1. The van der Waals surface area contributed by atoms with Crippen LogP contribution in [0.25, 0.3) is 0 Å². The molecule has 0 unspecified atom stereocenters. The third kappa shape index (κ3) is 5.17. The van der Waals surface area contributed by atoms with Crippen molar-refractivity contribution >= 4 is 0 Å². The van der Waals surface area contributed by atoms with Crippen LogP contribution in [0.1, 0.15) is 29.8 Å². The van der Waals surface area contributed by atoms with Gasteiger partial charge in [-0.2, -0.15) is 0 Å². The molecule has 3 aromatic carbocycles. The predicted molar refractivity (Wildman–Crippen MR) is 149 cm³/mol. The molecule has 41 heavy (non-hydrogen) atoms. The van der Waals surface area contributed by atoms with Crippen LogP contribution in [0.15, 0.2) is 101 Å². The zero-order valence-corrected chi connectivity index (χ0v) is 22.8. The van der Waals surface area contributed by atoms with Crippen LogP contribution < -0.4 is 20.7 Å². The van der Waals surface area contributed by atoms with E-state index in [0.717, 1.165) is 40.4 Å². The lowest BCUT2D eigenvalue weighted by molar-refractivity contribution is -0.0968. The summed E-state index contributed by atoms with van der Waals surface area (Å²) < 4.78 is 40.3.